The molecule has 0 spiro atoms. The lowest BCUT2D eigenvalue weighted by Crippen LogP contribution is -2.03. The molecule has 0 amide bonds. The van der Waals surface area contributed by atoms with Crippen LogP contribution in [0, 0.1) is 45.3 Å². The topological polar surface area (TPSA) is 120 Å². The molecule has 1 aliphatic heterocycles. The maximum absolute atomic E-state index is 8.89. The van der Waals surface area contributed by atoms with Gasteiger partial charge in [-0.25, -0.2) is 0 Å². The highest BCUT2D eigenvalue weighted by Crippen LogP contribution is 2.43. The van der Waals surface area contributed by atoms with Crippen LogP contribution in [-0.2, 0) is 6.42 Å². The summed E-state index contributed by atoms with van der Waals surface area (Å²) in [7, 11) is 0. The van der Waals surface area contributed by atoms with Crippen LogP contribution in [-0.4, -0.2) is 4.98 Å². The van der Waals surface area contributed by atoms with Crippen LogP contribution < -0.4 is 4.74 Å². The molecule has 0 fully saturated rings. The third-order valence-electron chi connectivity index (χ3n) is 4.43. The largest absolute Gasteiger partial charge is 0.483 e. The Balaban J connectivity index is 1.49. The molecule has 1 unspecified atom stereocenters. The van der Waals surface area contributed by atoms with Crippen LogP contribution in [0.3, 0.4) is 0 Å². The number of allylic oxidation sites excluding steroid dienone is 2. The highest BCUT2D eigenvalue weighted by Gasteiger charge is 2.28. The second-order valence-electron chi connectivity index (χ2n) is 6.34. The average Bonchev–Trinajstić information content (AvgIpc) is 3.52. The van der Waals surface area contributed by atoms with E-state index in [1.54, 1.807) is 12.2 Å². The Morgan fingerprint density at radius 3 is 2.30 bits per heavy atom. The molecule has 0 saturated carbocycles. The molecule has 1 aliphatic rings. The standard InChI is InChI=1S/C22H11N5OS2/c23-9-13(10-24)5-15-1-4-21(29-15)18-3-2-17(27-18)19-8-22-20(28-19)7-16(30-22)6-14(11-25)12-26/h1-7,19,27H,8H2. The van der Waals surface area contributed by atoms with E-state index in [-0.39, 0.29) is 17.3 Å². The van der Waals surface area contributed by atoms with E-state index in [0.29, 0.717) is 6.42 Å². The van der Waals surface area contributed by atoms with Crippen molar-refractivity contribution in [2.75, 3.05) is 0 Å². The molecule has 8 heteroatoms. The number of aromatic nitrogens is 1. The number of nitrogens with zero attached hydrogens (tertiary/aromatic N) is 4. The molecule has 4 heterocycles. The predicted molar refractivity (Wildman–Crippen MR) is 114 cm³/mol. The fourth-order valence-electron chi connectivity index (χ4n) is 3.06. The van der Waals surface area contributed by atoms with E-state index < -0.39 is 0 Å². The van der Waals surface area contributed by atoms with Gasteiger partial charge in [0, 0.05) is 16.2 Å². The summed E-state index contributed by atoms with van der Waals surface area (Å²) in [5.41, 5.74) is 2.05. The average molecular weight is 425 g/mol. The first-order valence-electron chi connectivity index (χ1n) is 8.75. The molecule has 3 aromatic heterocycles. The monoisotopic (exact) mass is 425 g/mol. The van der Waals surface area contributed by atoms with E-state index in [0.717, 1.165) is 36.6 Å². The highest BCUT2D eigenvalue weighted by molar-refractivity contribution is 7.16. The maximum atomic E-state index is 8.89. The molecule has 1 N–H and O–H groups in total. The number of thiophene rings is 2. The number of nitrogens with one attached hydrogen (secondary N) is 1. The lowest BCUT2D eigenvalue weighted by atomic mass is 10.2. The Kier molecular flexibility index (Phi) is 5.21. The molecule has 30 heavy (non-hydrogen) atoms. The van der Waals surface area contributed by atoms with Crippen molar-refractivity contribution in [3.05, 3.63) is 61.8 Å². The first kappa shape index (κ1) is 19.2. The number of fused-ring (bicyclic) bond motifs is 1. The lowest BCUT2D eigenvalue weighted by Gasteiger charge is -2.08. The van der Waals surface area contributed by atoms with Gasteiger partial charge in [-0.05, 0) is 42.5 Å². The van der Waals surface area contributed by atoms with Crippen molar-refractivity contribution in [1.29, 1.82) is 21.0 Å². The van der Waals surface area contributed by atoms with Crippen molar-refractivity contribution in [3.8, 4) is 40.6 Å². The van der Waals surface area contributed by atoms with Crippen LogP contribution in [0.4, 0.5) is 0 Å². The molecule has 4 rings (SSSR count). The van der Waals surface area contributed by atoms with Crippen molar-refractivity contribution in [2.45, 2.75) is 12.5 Å². The zero-order chi connectivity index (χ0) is 21.1. The molecular formula is C22H11N5OS2. The van der Waals surface area contributed by atoms with Crippen LogP contribution in [0.2, 0.25) is 0 Å². The minimum absolute atomic E-state index is 0.0716. The number of hydrogen-bond acceptors (Lipinski definition) is 7. The summed E-state index contributed by atoms with van der Waals surface area (Å²) in [5.74, 6) is 0.784. The highest BCUT2D eigenvalue weighted by atomic mass is 32.1. The van der Waals surface area contributed by atoms with Crippen LogP contribution in [0.15, 0.2) is 41.5 Å². The van der Waals surface area contributed by atoms with E-state index in [4.69, 9.17) is 25.8 Å². The van der Waals surface area contributed by atoms with Gasteiger partial charge in [-0.2, -0.15) is 21.0 Å². The summed E-state index contributed by atoms with van der Waals surface area (Å²) in [6, 6.07) is 17.1. The molecule has 0 saturated heterocycles. The van der Waals surface area contributed by atoms with Crippen LogP contribution in [0.1, 0.15) is 26.4 Å². The Morgan fingerprint density at radius 2 is 1.63 bits per heavy atom. The second kappa shape index (κ2) is 8.11. The van der Waals surface area contributed by atoms with Gasteiger partial charge in [-0.3, -0.25) is 0 Å². The van der Waals surface area contributed by atoms with Gasteiger partial charge >= 0.3 is 0 Å². The summed E-state index contributed by atoms with van der Waals surface area (Å²) in [4.78, 5) is 7.16. The summed E-state index contributed by atoms with van der Waals surface area (Å²) in [6.45, 7) is 0. The van der Waals surface area contributed by atoms with Gasteiger partial charge in [0.15, 0.2) is 0 Å². The van der Waals surface area contributed by atoms with Crippen molar-refractivity contribution >= 4 is 34.8 Å². The molecule has 0 aromatic carbocycles. The third-order valence-corrected chi connectivity index (χ3v) is 6.58. The van der Waals surface area contributed by atoms with E-state index in [1.807, 2.05) is 54.6 Å². The number of nitriles is 4. The SMILES string of the molecule is N#CC(C#N)=Cc1ccc(-c2ccc(C3Cc4sc(C=C(C#N)C#N)cc4O3)[nH]2)s1. The first-order valence-corrected chi connectivity index (χ1v) is 10.4. The van der Waals surface area contributed by atoms with Gasteiger partial charge in [-0.1, -0.05) is 0 Å². The van der Waals surface area contributed by atoms with E-state index in [2.05, 4.69) is 4.98 Å². The minimum atomic E-state index is -0.118. The van der Waals surface area contributed by atoms with Crippen LogP contribution >= 0.6 is 22.7 Å². The fraction of sp³-hybridized carbons (Fsp3) is 0.0909. The van der Waals surface area contributed by atoms with Gasteiger partial charge in [0.25, 0.3) is 0 Å². The van der Waals surface area contributed by atoms with Crippen molar-refractivity contribution in [3.63, 3.8) is 0 Å². The number of aromatic amines is 1. The molecule has 0 bridgehead atoms. The van der Waals surface area contributed by atoms with Gasteiger partial charge < -0.3 is 9.72 Å². The van der Waals surface area contributed by atoms with E-state index >= 15 is 0 Å². The quantitative estimate of drug-likeness (QED) is 0.565. The van der Waals surface area contributed by atoms with Gasteiger partial charge in [0.2, 0.25) is 0 Å². The number of rotatable bonds is 4. The molecule has 6 nitrogen and oxygen atoms in total. The van der Waals surface area contributed by atoms with Crippen LogP contribution in [0.25, 0.3) is 22.7 Å². The Hall–Kier alpha value is -4.08. The summed E-state index contributed by atoms with van der Waals surface area (Å²) in [6.07, 6.45) is 3.74. The zero-order valence-corrected chi connectivity index (χ0v) is 17.0. The summed E-state index contributed by atoms with van der Waals surface area (Å²) in [5, 5.41) is 35.6. The lowest BCUT2D eigenvalue weighted by molar-refractivity contribution is 0.234. The maximum Gasteiger partial charge on any atom is 0.143 e. The zero-order valence-electron chi connectivity index (χ0n) is 15.3. The first-order chi connectivity index (χ1) is 14.6. The normalized spacial score (nSPS) is 13.7. The van der Waals surface area contributed by atoms with Crippen LogP contribution in [0.5, 0.6) is 5.75 Å². The molecular weight excluding hydrogens is 414 g/mol. The van der Waals surface area contributed by atoms with E-state index in [9.17, 15) is 0 Å². The molecule has 142 valence electrons. The van der Waals surface area contributed by atoms with Crippen molar-refractivity contribution in [2.24, 2.45) is 0 Å². The Bertz CT molecular complexity index is 1300. The Morgan fingerprint density at radius 1 is 0.933 bits per heavy atom. The number of ether oxygens (including phenoxy) is 1. The molecule has 1 atom stereocenters. The fourth-order valence-corrected chi connectivity index (χ4v) is 5.07. The van der Waals surface area contributed by atoms with Crippen molar-refractivity contribution in [1.82, 2.24) is 4.98 Å². The third kappa shape index (κ3) is 3.75. The molecule has 0 aliphatic carbocycles. The van der Waals surface area contributed by atoms with Gasteiger partial charge in [0.05, 0.1) is 21.1 Å². The number of hydrogen-bond donors (Lipinski definition) is 1. The summed E-state index contributed by atoms with van der Waals surface area (Å²) >= 11 is 3.02. The van der Waals surface area contributed by atoms with Gasteiger partial charge in [-0.15, -0.1) is 22.7 Å². The van der Waals surface area contributed by atoms with E-state index in [1.165, 1.54) is 22.7 Å². The summed E-state index contributed by atoms with van der Waals surface area (Å²) < 4.78 is 6.06. The predicted octanol–water partition coefficient (Wildman–Crippen LogP) is 5.34. The Labute approximate surface area is 180 Å². The second-order valence-corrected chi connectivity index (χ2v) is 8.62. The van der Waals surface area contributed by atoms with Gasteiger partial charge in [0.1, 0.15) is 47.3 Å². The molecule has 0 radical (unpaired) electrons. The van der Waals surface area contributed by atoms with Crippen molar-refractivity contribution < 1.29 is 4.74 Å². The minimum Gasteiger partial charge on any atom is -0.483 e. The number of H-pyrrole nitrogens is 1. The smallest absolute Gasteiger partial charge is 0.143 e. The molecule has 3 aromatic rings.